The molecule has 0 aliphatic carbocycles. The van der Waals surface area contributed by atoms with Gasteiger partial charge in [-0.3, -0.25) is 14.4 Å². The predicted molar refractivity (Wildman–Crippen MR) is 312 cm³/mol. The first kappa shape index (κ1) is 71.4. The van der Waals surface area contributed by atoms with Crippen LogP contribution in [0.5, 0.6) is 0 Å². The molecule has 0 bridgehead atoms. The quantitative estimate of drug-likeness (QED) is 0.0228. The minimum Gasteiger partial charge on any atom is -0.479 e. The van der Waals surface area contributed by atoms with Crippen molar-refractivity contribution in [1.29, 1.82) is 0 Å². The van der Waals surface area contributed by atoms with E-state index in [1.807, 2.05) is 12.2 Å². The lowest BCUT2D eigenvalue weighted by atomic mass is 9.98. The maximum Gasteiger partial charge on any atom is 0.335 e. The van der Waals surface area contributed by atoms with Crippen molar-refractivity contribution >= 4 is 23.9 Å². The summed E-state index contributed by atoms with van der Waals surface area (Å²) in [5.41, 5.74) is 0. The van der Waals surface area contributed by atoms with Crippen LogP contribution in [0.2, 0.25) is 0 Å². The molecule has 1 saturated heterocycles. The maximum atomic E-state index is 13.2. The van der Waals surface area contributed by atoms with Crippen molar-refractivity contribution in [2.75, 3.05) is 13.2 Å². The van der Waals surface area contributed by atoms with Crippen molar-refractivity contribution in [2.45, 2.75) is 314 Å². The standard InChI is InChI=1S/C65H112O12/c1-4-7-10-13-16-19-22-25-28-29-32-35-38-41-44-47-50-53-59(68)76-63-61(70)60(69)62(64(71)72)77-65(63)74-55-56(75-58(67)52-49-46-43-40-37-34-31-27-24-21-18-15-12-9-6-3)54-73-57(66)51-48-45-42-39-36-33-30-26-23-20-17-14-11-8-5-2/h7,10,16,19,25,28,32,35,41,44,56,60-63,65,69-70H,4-6,8-9,11-15,17-18,20-24,26-27,29-31,33-34,36-40,42-43,45-55H2,1-3H3,(H,71,72)/b10-7-,19-16-,28-25-,35-32-,44-41-. The number of aliphatic hydroxyl groups excluding tert-OH is 2. The number of aliphatic hydroxyl groups is 2. The number of ether oxygens (including phenoxy) is 5. The molecule has 1 aliphatic rings. The van der Waals surface area contributed by atoms with Crippen LogP contribution in [0.25, 0.3) is 0 Å². The predicted octanol–water partition coefficient (Wildman–Crippen LogP) is 16.3. The summed E-state index contributed by atoms with van der Waals surface area (Å²) in [7, 11) is 0. The third kappa shape index (κ3) is 43.0. The molecule has 12 nitrogen and oxygen atoms in total. The Morgan fingerprint density at radius 1 is 0.442 bits per heavy atom. The van der Waals surface area contributed by atoms with E-state index in [2.05, 4.69) is 69.4 Å². The van der Waals surface area contributed by atoms with Crippen molar-refractivity contribution < 1.29 is 58.2 Å². The molecule has 3 N–H and O–H groups in total. The van der Waals surface area contributed by atoms with E-state index in [1.165, 1.54) is 141 Å². The van der Waals surface area contributed by atoms with Gasteiger partial charge in [-0.05, 0) is 57.8 Å². The van der Waals surface area contributed by atoms with Crippen LogP contribution in [0.3, 0.4) is 0 Å². The van der Waals surface area contributed by atoms with E-state index in [1.54, 1.807) is 0 Å². The first-order valence-corrected chi connectivity index (χ1v) is 31.3. The van der Waals surface area contributed by atoms with Crippen molar-refractivity contribution in [2.24, 2.45) is 0 Å². The molecule has 1 heterocycles. The SMILES string of the molecule is CC/C=C\C/C=C\C/C=C\C/C=C\C/C=C\CCCC(=O)OC1C(OCC(COC(=O)CCCCCCCCCCCCCCCCC)OC(=O)CCCCCCCCCCCCCCCCC)OC(C(=O)O)C(O)C1O. The second-order valence-corrected chi connectivity index (χ2v) is 21.3. The zero-order valence-electron chi connectivity index (χ0n) is 49.0. The number of unbranched alkanes of at least 4 members (excludes halogenated alkanes) is 29. The molecule has 77 heavy (non-hydrogen) atoms. The number of esters is 3. The number of aliphatic carboxylic acids is 1. The van der Waals surface area contributed by atoms with Crippen LogP contribution < -0.4 is 0 Å². The number of carboxylic acid groups (broad SMARTS) is 1. The Labute approximate surface area is 468 Å². The average Bonchev–Trinajstić information content (AvgIpc) is 3.43. The second-order valence-electron chi connectivity index (χ2n) is 21.3. The number of carboxylic acids is 1. The number of allylic oxidation sites excluding steroid dienone is 10. The summed E-state index contributed by atoms with van der Waals surface area (Å²) in [6, 6.07) is 0. The second kappa shape index (κ2) is 53.1. The fraction of sp³-hybridized carbons (Fsp3) is 0.785. The van der Waals surface area contributed by atoms with Gasteiger partial charge in [0.05, 0.1) is 6.61 Å². The molecule has 0 radical (unpaired) electrons. The molecule has 1 fully saturated rings. The van der Waals surface area contributed by atoms with Gasteiger partial charge < -0.3 is 39.0 Å². The highest BCUT2D eigenvalue weighted by Gasteiger charge is 2.50. The van der Waals surface area contributed by atoms with E-state index in [9.17, 15) is 34.5 Å². The third-order valence-corrected chi connectivity index (χ3v) is 14.1. The largest absolute Gasteiger partial charge is 0.479 e. The van der Waals surface area contributed by atoms with Gasteiger partial charge in [0.15, 0.2) is 24.6 Å². The van der Waals surface area contributed by atoms with E-state index in [-0.39, 0.29) is 25.9 Å². The molecule has 0 amide bonds. The highest BCUT2D eigenvalue weighted by molar-refractivity contribution is 5.74. The van der Waals surface area contributed by atoms with Gasteiger partial charge in [0.2, 0.25) is 0 Å². The first-order valence-electron chi connectivity index (χ1n) is 31.3. The molecular weight excluding hydrogens is 973 g/mol. The molecule has 0 saturated carbocycles. The molecular formula is C65H112O12. The summed E-state index contributed by atoms with van der Waals surface area (Å²) < 4.78 is 28.4. The highest BCUT2D eigenvalue weighted by atomic mass is 16.7. The molecule has 0 spiro atoms. The van der Waals surface area contributed by atoms with E-state index in [4.69, 9.17) is 23.7 Å². The minimum absolute atomic E-state index is 0.0163. The lowest BCUT2D eigenvalue weighted by Crippen LogP contribution is -2.61. The van der Waals surface area contributed by atoms with E-state index in [0.717, 1.165) is 70.6 Å². The molecule has 0 aromatic carbocycles. The van der Waals surface area contributed by atoms with Crippen molar-refractivity contribution in [3.05, 3.63) is 60.8 Å². The summed E-state index contributed by atoms with van der Waals surface area (Å²) in [5, 5.41) is 31.5. The lowest BCUT2D eigenvalue weighted by Gasteiger charge is -2.40. The molecule has 0 aromatic rings. The Balaban J connectivity index is 2.70. The number of carbonyl (C=O) groups excluding carboxylic acids is 3. The van der Waals surface area contributed by atoms with Gasteiger partial charge in [0.25, 0.3) is 0 Å². The molecule has 12 heteroatoms. The smallest absolute Gasteiger partial charge is 0.335 e. The summed E-state index contributed by atoms with van der Waals surface area (Å²) in [5.74, 6) is -3.17. The summed E-state index contributed by atoms with van der Waals surface area (Å²) in [6.45, 7) is 5.89. The molecule has 1 rings (SSSR count). The summed E-state index contributed by atoms with van der Waals surface area (Å²) >= 11 is 0. The fourth-order valence-electron chi connectivity index (χ4n) is 9.35. The van der Waals surface area contributed by atoms with Crippen molar-refractivity contribution in [3.63, 3.8) is 0 Å². The van der Waals surface area contributed by atoms with E-state index < -0.39 is 67.3 Å². The normalized spacial score (nSPS) is 18.4. The Bertz CT molecular complexity index is 1570. The van der Waals surface area contributed by atoms with Gasteiger partial charge >= 0.3 is 23.9 Å². The number of hydrogen-bond acceptors (Lipinski definition) is 11. The van der Waals surface area contributed by atoms with Gasteiger partial charge in [0.1, 0.15) is 18.8 Å². The number of carbonyl (C=O) groups is 4. The Hall–Kier alpha value is -3.58. The molecule has 0 aromatic heterocycles. The Kier molecular flexibility index (Phi) is 49.2. The van der Waals surface area contributed by atoms with Crippen molar-refractivity contribution in [3.8, 4) is 0 Å². The zero-order chi connectivity index (χ0) is 56.1. The van der Waals surface area contributed by atoms with E-state index in [0.29, 0.717) is 25.7 Å². The zero-order valence-corrected chi connectivity index (χ0v) is 49.0. The van der Waals surface area contributed by atoms with Crippen LogP contribution in [0.4, 0.5) is 0 Å². The van der Waals surface area contributed by atoms with Gasteiger partial charge in [-0.1, -0.05) is 261 Å². The monoisotopic (exact) mass is 1080 g/mol. The summed E-state index contributed by atoms with van der Waals surface area (Å²) in [4.78, 5) is 51.2. The van der Waals surface area contributed by atoms with Gasteiger partial charge in [-0.2, -0.15) is 0 Å². The molecule has 6 atom stereocenters. The van der Waals surface area contributed by atoms with Crippen LogP contribution in [0, 0.1) is 0 Å². The lowest BCUT2D eigenvalue weighted by molar-refractivity contribution is -0.301. The highest BCUT2D eigenvalue weighted by Crippen LogP contribution is 2.26. The van der Waals surface area contributed by atoms with Crippen LogP contribution in [-0.4, -0.2) is 89.2 Å². The van der Waals surface area contributed by atoms with Crippen LogP contribution >= 0.6 is 0 Å². The number of hydrogen-bond donors (Lipinski definition) is 3. The van der Waals surface area contributed by atoms with Gasteiger partial charge in [-0.25, -0.2) is 4.79 Å². The topological polar surface area (TPSA) is 175 Å². The molecule has 6 unspecified atom stereocenters. The number of rotatable bonds is 53. The van der Waals surface area contributed by atoms with Crippen molar-refractivity contribution in [1.82, 2.24) is 0 Å². The minimum atomic E-state index is -1.92. The third-order valence-electron chi connectivity index (χ3n) is 14.1. The molecule has 1 aliphatic heterocycles. The first-order chi connectivity index (χ1) is 37.6. The van der Waals surface area contributed by atoms with Crippen LogP contribution in [0.15, 0.2) is 60.8 Å². The Morgan fingerprint density at radius 3 is 1.23 bits per heavy atom. The Morgan fingerprint density at radius 2 is 0.818 bits per heavy atom. The average molecular weight is 1090 g/mol. The summed E-state index contributed by atoms with van der Waals surface area (Å²) in [6.07, 6.45) is 53.3. The van der Waals surface area contributed by atoms with Gasteiger partial charge in [-0.15, -0.1) is 0 Å². The molecule has 444 valence electrons. The fourth-order valence-corrected chi connectivity index (χ4v) is 9.35. The maximum absolute atomic E-state index is 13.2. The van der Waals surface area contributed by atoms with Crippen LogP contribution in [0.1, 0.15) is 278 Å². The van der Waals surface area contributed by atoms with E-state index >= 15 is 0 Å². The van der Waals surface area contributed by atoms with Crippen LogP contribution in [-0.2, 0) is 42.9 Å². The van der Waals surface area contributed by atoms with Gasteiger partial charge in [0, 0.05) is 19.3 Å².